The number of aryl methyl sites for hydroxylation is 1. The second-order valence-electron chi connectivity index (χ2n) is 4.53. The molecule has 1 aromatic carbocycles. The van der Waals surface area contributed by atoms with Crippen LogP contribution in [0.5, 0.6) is 0 Å². The summed E-state index contributed by atoms with van der Waals surface area (Å²) >= 11 is 0. The number of unbranched alkanes of at least 4 members (excludes halogenated alkanes) is 1. The van der Waals surface area contributed by atoms with Crippen LogP contribution in [0.4, 0.5) is 0 Å². The van der Waals surface area contributed by atoms with Gasteiger partial charge in [0.2, 0.25) is 8.32 Å². The highest BCUT2D eigenvalue weighted by molar-refractivity contribution is 6.84. The average molecular weight is 222 g/mol. The van der Waals surface area contributed by atoms with E-state index in [2.05, 4.69) is 51.2 Å². The molecule has 2 heteroatoms. The van der Waals surface area contributed by atoms with Crippen molar-refractivity contribution in [2.24, 2.45) is 0 Å². The molecule has 0 spiro atoms. The predicted octanol–water partition coefficient (Wildman–Crippen LogP) is 3.22. The lowest BCUT2D eigenvalue weighted by Gasteiger charge is -2.25. The van der Waals surface area contributed by atoms with Gasteiger partial charge in [-0.15, -0.1) is 0 Å². The molecule has 0 amide bonds. The zero-order valence-corrected chi connectivity index (χ0v) is 11.3. The van der Waals surface area contributed by atoms with E-state index in [1.54, 1.807) is 0 Å². The maximum atomic E-state index is 6.08. The van der Waals surface area contributed by atoms with Crippen LogP contribution in [0.25, 0.3) is 0 Å². The van der Waals surface area contributed by atoms with Gasteiger partial charge >= 0.3 is 0 Å². The summed E-state index contributed by atoms with van der Waals surface area (Å²) in [6.45, 7) is 9.85. The molecule has 1 nitrogen and oxygen atoms in total. The van der Waals surface area contributed by atoms with Gasteiger partial charge in [-0.1, -0.05) is 37.6 Å². The third kappa shape index (κ3) is 3.47. The van der Waals surface area contributed by atoms with Gasteiger partial charge in [0.1, 0.15) is 0 Å². The van der Waals surface area contributed by atoms with Gasteiger partial charge in [-0.25, -0.2) is 0 Å². The van der Waals surface area contributed by atoms with Gasteiger partial charge in [0, 0.05) is 6.61 Å². The highest BCUT2D eigenvalue weighted by Crippen LogP contribution is 2.09. The minimum absolute atomic E-state index is 0.907. The molecule has 0 aliphatic heterocycles. The summed E-state index contributed by atoms with van der Waals surface area (Å²) in [7, 11) is -1.66. The Kier molecular flexibility index (Phi) is 4.55. The van der Waals surface area contributed by atoms with E-state index in [1.165, 1.54) is 23.6 Å². The summed E-state index contributed by atoms with van der Waals surface area (Å²) in [5.41, 5.74) is 1.37. The first-order valence-corrected chi connectivity index (χ1v) is 8.69. The molecule has 0 aliphatic carbocycles. The molecule has 0 bridgehead atoms. The van der Waals surface area contributed by atoms with Crippen LogP contribution in [0.3, 0.4) is 0 Å². The fraction of sp³-hybridized carbons (Fsp3) is 0.538. The van der Waals surface area contributed by atoms with Crippen molar-refractivity contribution in [2.75, 3.05) is 6.61 Å². The van der Waals surface area contributed by atoms with Crippen LogP contribution < -0.4 is 5.19 Å². The zero-order chi connectivity index (χ0) is 11.3. The molecule has 0 unspecified atom stereocenters. The summed E-state index contributed by atoms with van der Waals surface area (Å²) in [4.78, 5) is 0. The van der Waals surface area contributed by atoms with E-state index in [0.717, 1.165) is 6.61 Å². The van der Waals surface area contributed by atoms with Crippen molar-refractivity contribution in [1.29, 1.82) is 0 Å². The Balaban J connectivity index is 2.72. The summed E-state index contributed by atoms with van der Waals surface area (Å²) in [5.74, 6) is 0. The summed E-state index contributed by atoms with van der Waals surface area (Å²) in [6.07, 6.45) is 2.38. The molecular weight excluding hydrogens is 200 g/mol. The third-order valence-corrected chi connectivity index (χ3v) is 5.54. The van der Waals surface area contributed by atoms with Crippen LogP contribution in [0.15, 0.2) is 24.3 Å². The molecule has 15 heavy (non-hydrogen) atoms. The first-order valence-electron chi connectivity index (χ1n) is 5.78. The Morgan fingerprint density at radius 3 is 2.47 bits per heavy atom. The van der Waals surface area contributed by atoms with Crippen molar-refractivity contribution in [3.63, 3.8) is 0 Å². The number of hydrogen-bond donors (Lipinski definition) is 0. The lowest BCUT2D eigenvalue weighted by Crippen LogP contribution is -2.46. The van der Waals surface area contributed by atoms with E-state index in [1.807, 2.05) is 0 Å². The molecule has 1 rings (SSSR count). The van der Waals surface area contributed by atoms with Crippen molar-refractivity contribution < 1.29 is 4.43 Å². The second-order valence-corrected chi connectivity index (χ2v) is 8.38. The smallest absolute Gasteiger partial charge is 0.218 e. The maximum absolute atomic E-state index is 6.08. The Bertz CT molecular complexity index is 307. The third-order valence-electron chi connectivity index (χ3n) is 2.75. The Hall–Kier alpha value is -0.603. The van der Waals surface area contributed by atoms with E-state index < -0.39 is 8.32 Å². The van der Waals surface area contributed by atoms with E-state index in [4.69, 9.17) is 4.43 Å². The Morgan fingerprint density at radius 1 is 1.20 bits per heavy atom. The van der Waals surface area contributed by atoms with Crippen molar-refractivity contribution in [2.45, 2.75) is 39.8 Å². The van der Waals surface area contributed by atoms with Crippen LogP contribution in [0, 0.1) is 6.92 Å². The molecule has 0 aliphatic rings. The summed E-state index contributed by atoms with van der Waals surface area (Å²) in [5, 5.41) is 1.43. The van der Waals surface area contributed by atoms with E-state index >= 15 is 0 Å². The minimum Gasteiger partial charge on any atom is -0.413 e. The van der Waals surface area contributed by atoms with Crippen LogP contribution in [0.1, 0.15) is 25.3 Å². The predicted molar refractivity (Wildman–Crippen MR) is 69.2 cm³/mol. The van der Waals surface area contributed by atoms with Crippen molar-refractivity contribution in [3.8, 4) is 0 Å². The largest absolute Gasteiger partial charge is 0.413 e. The lowest BCUT2D eigenvalue weighted by atomic mass is 10.2. The van der Waals surface area contributed by atoms with E-state index in [0.29, 0.717) is 0 Å². The van der Waals surface area contributed by atoms with Gasteiger partial charge < -0.3 is 4.43 Å². The lowest BCUT2D eigenvalue weighted by molar-refractivity contribution is 0.307. The van der Waals surface area contributed by atoms with Crippen LogP contribution in [-0.4, -0.2) is 14.9 Å². The van der Waals surface area contributed by atoms with Crippen molar-refractivity contribution in [3.05, 3.63) is 29.8 Å². The second kappa shape index (κ2) is 5.47. The zero-order valence-electron chi connectivity index (χ0n) is 10.3. The molecule has 0 aromatic heterocycles. The standard InChI is InChI=1S/C13H22OSi/c1-5-6-11-14-15(3,4)13-10-8-7-9-12(13)2/h7-10H,5-6,11H2,1-4H3. The number of benzene rings is 1. The number of rotatable bonds is 5. The molecule has 0 heterocycles. The molecule has 0 N–H and O–H groups in total. The summed E-state index contributed by atoms with van der Waals surface area (Å²) < 4.78 is 6.08. The van der Waals surface area contributed by atoms with Crippen molar-refractivity contribution >= 4 is 13.5 Å². The molecule has 0 radical (unpaired) electrons. The molecular formula is C13H22OSi. The molecule has 0 saturated carbocycles. The SMILES string of the molecule is CCCCO[Si](C)(C)c1ccccc1C. The van der Waals surface area contributed by atoms with Crippen molar-refractivity contribution in [1.82, 2.24) is 0 Å². The van der Waals surface area contributed by atoms with E-state index in [9.17, 15) is 0 Å². The maximum Gasteiger partial charge on any atom is 0.218 e. The van der Waals surface area contributed by atoms with E-state index in [-0.39, 0.29) is 0 Å². The van der Waals surface area contributed by atoms with Crippen LogP contribution >= 0.6 is 0 Å². The Morgan fingerprint density at radius 2 is 1.87 bits per heavy atom. The monoisotopic (exact) mass is 222 g/mol. The van der Waals surface area contributed by atoms with Gasteiger partial charge in [0.15, 0.2) is 0 Å². The van der Waals surface area contributed by atoms with Gasteiger partial charge in [-0.05, 0) is 37.2 Å². The fourth-order valence-corrected chi connectivity index (χ4v) is 4.14. The van der Waals surface area contributed by atoms with Gasteiger partial charge in [0.25, 0.3) is 0 Å². The molecule has 0 atom stereocenters. The van der Waals surface area contributed by atoms with Crippen LogP contribution in [-0.2, 0) is 4.43 Å². The van der Waals surface area contributed by atoms with Crippen LogP contribution in [0.2, 0.25) is 13.1 Å². The molecule has 84 valence electrons. The first-order chi connectivity index (χ1) is 7.08. The molecule has 1 aromatic rings. The van der Waals surface area contributed by atoms with Gasteiger partial charge in [-0.2, -0.15) is 0 Å². The fourth-order valence-electron chi connectivity index (χ4n) is 1.80. The van der Waals surface area contributed by atoms with Gasteiger partial charge in [-0.3, -0.25) is 0 Å². The molecule has 0 fully saturated rings. The normalized spacial score (nSPS) is 11.7. The average Bonchev–Trinajstić information content (AvgIpc) is 2.18. The first kappa shape index (κ1) is 12.5. The van der Waals surface area contributed by atoms with Gasteiger partial charge in [0.05, 0.1) is 0 Å². The Labute approximate surface area is 94.6 Å². The highest BCUT2D eigenvalue weighted by Gasteiger charge is 2.26. The topological polar surface area (TPSA) is 9.23 Å². The number of hydrogen-bond acceptors (Lipinski definition) is 1. The minimum atomic E-state index is -1.66. The molecule has 0 saturated heterocycles. The quantitative estimate of drug-likeness (QED) is 0.549. The highest BCUT2D eigenvalue weighted by atomic mass is 28.4. The summed E-state index contributed by atoms with van der Waals surface area (Å²) in [6, 6.07) is 8.59.